The van der Waals surface area contributed by atoms with Gasteiger partial charge < -0.3 is 5.73 Å². The highest BCUT2D eigenvalue weighted by Gasteiger charge is 2.16. The highest BCUT2D eigenvalue weighted by Crippen LogP contribution is 2.29. The maximum absolute atomic E-state index is 11.5. The van der Waals surface area contributed by atoms with E-state index >= 15 is 0 Å². The van der Waals surface area contributed by atoms with Crippen molar-refractivity contribution in [3.63, 3.8) is 0 Å². The summed E-state index contributed by atoms with van der Waals surface area (Å²) in [5.41, 5.74) is 7.20. The molecular weight excluding hydrogens is 284 g/mol. The van der Waals surface area contributed by atoms with E-state index in [-0.39, 0.29) is 10.2 Å². The molecular formula is C11H12N4O2S2. The lowest BCUT2D eigenvalue weighted by Crippen LogP contribution is -2.10. The second-order valence-corrected chi connectivity index (χ2v) is 6.20. The van der Waals surface area contributed by atoms with Gasteiger partial charge in [0.25, 0.3) is 5.91 Å². The summed E-state index contributed by atoms with van der Waals surface area (Å²) in [5, 5.41) is 0.506. The Balaban J connectivity index is 2.58. The maximum Gasteiger partial charge on any atom is 0.277 e. The molecule has 1 amide bonds. The number of rotatable bonds is 3. The number of primary amides is 1. The van der Waals surface area contributed by atoms with Crippen LogP contribution in [0.25, 0.3) is 10.6 Å². The number of aryl methyl sites for hydroxylation is 2. The zero-order chi connectivity index (χ0) is 14.2. The SMILES string of the molecule is Cc1cc(-c2sc(C(N)=O)nc2C)nc(S(C)=O)n1. The molecule has 1 atom stereocenters. The number of amides is 1. The lowest BCUT2D eigenvalue weighted by molar-refractivity contribution is 0.1000. The van der Waals surface area contributed by atoms with E-state index in [1.54, 1.807) is 19.9 Å². The molecule has 0 bridgehead atoms. The monoisotopic (exact) mass is 296 g/mol. The number of aromatic nitrogens is 3. The van der Waals surface area contributed by atoms with Crippen molar-refractivity contribution in [3.05, 3.63) is 22.5 Å². The van der Waals surface area contributed by atoms with Gasteiger partial charge in [0.15, 0.2) is 5.01 Å². The maximum atomic E-state index is 11.5. The van der Waals surface area contributed by atoms with Crippen LogP contribution in [0.1, 0.15) is 21.2 Å². The molecule has 0 aliphatic heterocycles. The Hall–Kier alpha value is -1.67. The van der Waals surface area contributed by atoms with Crippen molar-refractivity contribution in [2.75, 3.05) is 6.26 Å². The number of nitrogens with two attached hydrogens (primary N) is 1. The molecule has 6 nitrogen and oxygen atoms in total. The highest BCUT2D eigenvalue weighted by molar-refractivity contribution is 7.84. The van der Waals surface area contributed by atoms with E-state index < -0.39 is 16.7 Å². The third-order valence-electron chi connectivity index (χ3n) is 2.33. The molecule has 0 radical (unpaired) electrons. The van der Waals surface area contributed by atoms with E-state index in [4.69, 9.17) is 5.73 Å². The minimum Gasteiger partial charge on any atom is -0.364 e. The average Bonchev–Trinajstić information content (AvgIpc) is 2.70. The fraction of sp³-hybridized carbons (Fsp3) is 0.273. The van der Waals surface area contributed by atoms with Crippen LogP contribution in [0.15, 0.2) is 11.2 Å². The van der Waals surface area contributed by atoms with Gasteiger partial charge in [0.1, 0.15) is 0 Å². The third-order valence-corrected chi connectivity index (χ3v) is 4.22. The van der Waals surface area contributed by atoms with Crippen LogP contribution >= 0.6 is 11.3 Å². The van der Waals surface area contributed by atoms with E-state index in [2.05, 4.69) is 15.0 Å². The normalized spacial score (nSPS) is 12.4. The fourth-order valence-corrected chi connectivity index (χ4v) is 2.90. The van der Waals surface area contributed by atoms with Crippen LogP contribution in [0.4, 0.5) is 0 Å². The molecule has 2 aromatic rings. The van der Waals surface area contributed by atoms with Gasteiger partial charge in [-0.15, -0.1) is 11.3 Å². The predicted molar refractivity (Wildman–Crippen MR) is 73.5 cm³/mol. The van der Waals surface area contributed by atoms with Crippen LogP contribution in [0.2, 0.25) is 0 Å². The molecule has 0 saturated heterocycles. The Kier molecular flexibility index (Phi) is 3.72. The van der Waals surface area contributed by atoms with Crippen molar-refractivity contribution in [2.24, 2.45) is 5.73 Å². The topological polar surface area (TPSA) is 98.8 Å². The molecule has 100 valence electrons. The van der Waals surface area contributed by atoms with Gasteiger partial charge in [-0.2, -0.15) is 0 Å². The van der Waals surface area contributed by atoms with Crippen molar-refractivity contribution in [2.45, 2.75) is 19.0 Å². The van der Waals surface area contributed by atoms with Gasteiger partial charge in [-0.05, 0) is 19.9 Å². The largest absolute Gasteiger partial charge is 0.364 e. The molecule has 2 N–H and O–H groups in total. The number of nitrogens with zero attached hydrogens (tertiary/aromatic N) is 3. The lowest BCUT2D eigenvalue weighted by atomic mass is 10.2. The summed E-state index contributed by atoms with van der Waals surface area (Å²) in [6, 6.07) is 1.77. The van der Waals surface area contributed by atoms with Crippen LogP contribution in [0.3, 0.4) is 0 Å². The number of thiazole rings is 1. The first-order chi connectivity index (χ1) is 8.88. The van der Waals surface area contributed by atoms with Crippen molar-refractivity contribution in [1.82, 2.24) is 15.0 Å². The van der Waals surface area contributed by atoms with E-state index in [9.17, 15) is 9.00 Å². The van der Waals surface area contributed by atoms with Crippen LogP contribution in [0, 0.1) is 13.8 Å². The van der Waals surface area contributed by atoms with Gasteiger partial charge in [-0.1, -0.05) is 0 Å². The number of hydrogen-bond donors (Lipinski definition) is 1. The van der Waals surface area contributed by atoms with Crippen LogP contribution in [-0.2, 0) is 10.8 Å². The molecule has 2 aromatic heterocycles. The van der Waals surface area contributed by atoms with Crippen molar-refractivity contribution < 1.29 is 9.00 Å². The van der Waals surface area contributed by atoms with E-state index in [1.807, 2.05) is 0 Å². The Morgan fingerprint density at radius 3 is 2.53 bits per heavy atom. The summed E-state index contributed by atoms with van der Waals surface area (Å²) in [5.74, 6) is -0.565. The molecule has 8 heteroatoms. The van der Waals surface area contributed by atoms with Gasteiger partial charge in [0, 0.05) is 11.9 Å². The van der Waals surface area contributed by atoms with E-state index in [1.165, 1.54) is 17.6 Å². The summed E-state index contributed by atoms with van der Waals surface area (Å²) in [6.07, 6.45) is 1.52. The highest BCUT2D eigenvalue weighted by atomic mass is 32.2. The molecule has 0 aliphatic carbocycles. The molecule has 2 rings (SSSR count). The van der Waals surface area contributed by atoms with Gasteiger partial charge in [-0.3, -0.25) is 9.00 Å². The first kappa shape index (κ1) is 13.8. The quantitative estimate of drug-likeness (QED) is 0.854. The summed E-state index contributed by atoms with van der Waals surface area (Å²) < 4.78 is 11.5. The van der Waals surface area contributed by atoms with Gasteiger partial charge >= 0.3 is 0 Å². The molecule has 0 spiro atoms. The lowest BCUT2D eigenvalue weighted by Gasteiger charge is -2.02. The van der Waals surface area contributed by atoms with Crippen LogP contribution in [-0.4, -0.2) is 31.3 Å². The second-order valence-electron chi connectivity index (χ2n) is 3.93. The minimum atomic E-state index is -1.26. The summed E-state index contributed by atoms with van der Waals surface area (Å²) >= 11 is 1.17. The second kappa shape index (κ2) is 5.14. The molecule has 2 heterocycles. The molecule has 19 heavy (non-hydrogen) atoms. The smallest absolute Gasteiger partial charge is 0.277 e. The zero-order valence-electron chi connectivity index (χ0n) is 10.6. The van der Waals surface area contributed by atoms with Crippen molar-refractivity contribution in [1.29, 1.82) is 0 Å². The van der Waals surface area contributed by atoms with Gasteiger partial charge in [0.2, 0.25) is 5.16 Å². The average molecular weight is 296 g/mol. The Bertz CT molecular complexity index is 681. The Morgan fingerprint density at radius 1 is 1.32 bits per heavy atom. The zero-order valence-corrected chi connectivity index (χ0v) is 12.3. The van der Waals surface area contributed by atoms with Crippen molar-refractivity contribution >= 4 is 28.0 Å². The van der Waals surface area contributed by atoms with Crippen LogP contribution in [0.5, 0.6) is 0 Å². The fourth-order valence-electron chi connectivity index (χ4n) is 1.53. The molecule has 0 aliphatic rings. The first-order valence-corrected chi connectivity index (χ1v) is 7.72. The van der Waals surface area contributed by atoms with Crippen LogP contribution < -0.4 is 5.73 Å². The van der Waals surface area contributed by atoms with Crippen molar-refractivity contribution in [3.8, 4) is 10.6 Å². The van der Waals surface area contributed by atoms with E-state index in [0.29, 0.717) is 17.1 Å². The molecule has 1 unspecified atom stereocenters. The van der Waals surface area contributed by atoms with Gasteiger partial charge in [0.05, 0.1) is 27.1 Å². The number of carbonyl (C=O) groups excluding carboxylic acids is 1. The Morgan fingerprint density at radius 2 is 2.00 bits per heavy atom. The summed E-state index contributed by atoms with van der Waals surface area (Å²) in [7, 11) is -1.26. The molecule has 0 fully saturated rings. The van der Waals surface area contributed by atoms with E-state index in [0.717, 1.165) is 4.88 Å². The summed E-state index contributed by atoms with van der Waals surface area (Å²) in [6.45, 7) is 3.57. The molecule has 0 aromatic carbocycles. The predicted octanol–water partition coefficient (Wildman–Crippen LogP) is 1.05. The third kappa shape index (κ3) is 2.85. The Labute approximate surface area is 116 Å². The number of carbonyl (C=O) groups is 1. The first-order valence-electron chi connectivity index (χ1n) is 5.35. The minimum absolute atomic E-state index is 0.239. The molecule has 0 saturated carbocycles. The summed E-state index contributed by atoms with van der Waals surface area (Å²) in [4.78, 5) is 24.3. The number of hydrogen-bond acceptors (Lipinski definition) is 6. The van der Waals surface area contributed by atoms with Gasteiger partial charge in [-0.25, -0.2) is 15.0 Å². The standard InChI is InChI=1S/C11H12N4O2S2/c1-5-4-7(15-11(13-5)19(3)17)8-6(2)14-10(18-8)9(12)16/h4H,1-3H3,(H2,12,16).